The molecule has 0 saturated carbocycles. The maximum Gasteiger partial charge on any atom is 1.00 e. The van der Waals surface area contributed by atoms with E-state index in [9.17, 15) is 0 Å². The van der Waals surface area contributed by atoms with Gasteiger partial charge in [-0.15, -0.1) is 12.6 Å². The fourth-order valence-corrected chi connectivity index (χ4v) is 0.754. The summed E-state index contributed by atoms with van der Waals surface area (Å²) < 4.78 is 0.425. The second-order valence-corrected chi connectivity index (χ2v) is 3.08. The number of benzene rings is 1. The average Bonchev–Trinajstić information content (AvgIpc) is 2.03. The van der Waals surface area contributed by atoms with Crippen LogP contribution in [-0.4, -0.2) is 4.32 Å². The Hall–Kier alpha value is 0.896. The van der Waals surface area contributed by atoms with Crippen molar-refractivity contribution in [3.05, 3.63) is 30.3 Å². The number of hydrazine groups is 1. The first-order chi connectivity index (χ1) is 5.29. The van der Waals surface area contributed by atoms with Gasteiger partial charge in [0.1, 0.15) is 4.32 Å². The second-order valence-electron chi connectivity index (χ2n) is 1.92. The predicted molar refractivity (Wildman–Crippen MR) is 54.8 cm³/mol. The summed E-state index contributed by atoms with van der Waals surface area (Å²) in [6.45, 7) is 0. The van der Waals surface area contributed by atoms with Crippen LogP contribution < -0.4 is 62.2 Å². The fraction of sp³-hybridized carbons (Fsp3) is 0. The molecule has 1 rings (SSSR count). The summed E-state index contributed by atoms with van der Waals surface area (Å²) in [4.78, 5) is 0. The maximum absolute atomic E-state index is 4.69. The zero-order valence-corrected chi connectivity index (χ0v) is 11.6. The molecule has 0 fully saturated rings. The molecule has 0 radical (unpaired) electrons. The van der Waals surface area contributed by atoms with Crippen molar-refractivity contribution < 1.29 is 51.4 Å². The van der Waals surface area contributed by atoms with Crippen LogP contribution in [0.1, 0.15) is 0 Å². The number of hydrogen-bond donors (Lipinski definition) is 3. The van der Waals surface area contributed by atoms with Crippen molar-refractivity contribution in [2.24, 2.45) is 0 Å². The molecule has 0 aliphatic rings. The molecule has 12 heavy (non-hydrogen) atoms. The number of rotatable bonds is 2. The maximum atomic E-state index is 4.69. The fourth-order valence-electron chi connectivity index (χ4n) is 0.647. The van der Waals surface area contributed by atoms with E-state index in [0.717, 1.165) is 5.69 Å². The third-order valence-corrected chi connectivity index (χ3v) is 1.30. The van der Waals surface area contributed by atoms with E-state index in [4.69, 9.17) is 0 Å². The van der Waals surface area contributed by atoms with Gasteiger partial charge >= 0.3 is 51.4 Å². The van der Waals surface area contributed by atoms with Crippen molar-refractivity contribution >= 4 is 34.9 Å². The van der Waals surface area contributed by atoms with E-state index in [1.165, 1.54) is 0 Å². The average molecular weight is 223 g/mol. The van der Waals surface area contributed by atoms with E-state index < -0.39 is 0 Å². The number of anilines is 1. The summed E-state index contributed by atoms with van der Waals surface area (Å²) in [7, 11) is 0. The molecular weight excluding hydrogens is 215 g/mol. The minimum absolute atomic E-state index is 0. The predicted octanol–water partition coefficient (Wildman–Crippen LogP) is -1.18. The van der Waals surface area contributed by atoms with Crippen LogP contribution >= 0.6 is 24.8 Å². The molecule has 0 amide bonds. The van der Waals surface area contributed by atoms with Crippen LogP contribution in [0.25, 0.3) is 0 Å². The van der Waals surface area contributed by atoms with Gasteiger partial charge in [-0.2, -0.15) is 0 Å². The SMILES string of the molecule is S=C(S)NNc1ccccc1.[K+]. The van der Waals surface area contributed by atoms with Crippen LogP contribution in [0.3, 0.4) is 0 Å². The normalized spacial score (nSPS) is 8.08. The van der Waals surface area contributed by atoms with Crippen molar-refractivity contribution in [2.75, 3.05) is 5.43 Å². The smallest absolute Gasteiger partial charge is 0.300 e. The van der Waals surface area contributed by atoms with Crippen LogP contribution in [0, 0.1) is 0 Å². The topological polar surface area (TPSA) is 24.1 Å². The first kappa shape index (κ1) is 12.9. The van der Waals surface area contributed by atoms with Crippen LogP contribution in [0.4, 0.5) is 5.69 Å². The summed E-state index contributed by atoms with van der Waals surface area (Å²) in [6, 6.07) is 9.68. The molecule has 0 aliphatic heterocycles. The second kappa shape index (κ2) is 7.31. The standard InChI is InChI=1S/C7H8N2S2.K/c10-7(11)9-8-6-4-2-1-3-5-6;/h1-5,8H,(H2,9,10,11);/q;+1. The molecule has 1 aromatic carbocycles. The first-order valence-corrected chi connectivity index (χ1v) is 3.94. The van der Waals surface area contributed by atoms with Crippen LogP contribution in [0.5, 0.6) is 0 Å². The van der Waals surface area contributed by atoms with E-state index in [0.29, 0.717) is 4.32 Å². The van der Waals surface area contributed by atoms with Gasteiger partial charge in [0.05, 0.1) is 5.69 Å². The summed E-state index contributed by atoms with van der Waals surface area (Å²) in [5.74, 6) is 0. The number of thiol groups is 1. The van der Waals surface area contributed by atoms with Crippen LogP contribution in [0.2, 0.25) is 0 Å². The van der Waals surface area contributed by atoms with Crippen molar-refractivity contribution in [2.45, 2.75) is 0 Å². The number of thiocarbonyl (C=S) groups is 1. The third-order valence-electron chi connectivity index (χ3n) is 1.09. The minimum atomic E-state index is 0. The Morgan fingerprint density at radius 3 is 2.33 bits per heavy atom. The Morgan fingerprint density at radius 2 is 1.83 bits per heavy atom. The summed E-state index contributed by atoms with van der Waals surface area (Å²) in [6.07, 6.45) is 0. The third kappa shape index (κ3) is 5.53. The Balaban J connectivity index is 0.00000121. The Labute approximate surface area is 125 Å². The van der Waals surface area contributed by atoms with Gasteiger partial charge in [0, 0.05) is 0 Å². The van der Waals surface area contributed by atoms with E-state index in [2.05, 4.69) is 35.7 Å². The van der Waals surface area contributed by atoms with Gasteiger partial charge in [0.15, 0.2) is 0 Å². The van der Waals surface area contributed by atoms with Gasteiger partial charge in [-0.3, -0.25) is 10.9 Å². The van der Waals surface area contributed by atoms with Crippen molar-refractivity contribution in [1.29, 1.82) is 0 Å². The molecule has 0 bridgehead atoms. The molecule has 2 nitrogen and oxygen atoms in total. The summed E-state index contributed by atoms with van der Waals surface area (Å²) >= 11 is 8.57. The van der Waals surface area contributed by atoms with Crippen molar-refractivity contribution in [3.63, 3.8) is 0 Å². The number of hydrogen-bond acceptors (Lipinski definition) is 2. The van der Waals surface area contributed by atoms with Crippen molar-refractivity contribution in [3.8, 4) is 0 Å². The van der Waals surface area contributed by atoms with Crippen LogP contribution in [-0.2, 0) is 0 Å². The van der Waals surface area contributed by atoms with Crippen molar-refractivity contribution in [1.82, 2.24) is 5.43 Å². The molecule has 5 heteroatoms. The zero-order valence-electron chi connectivity index (χ0n) is 6.74. The summed E-state index contributed by atoms with van der Waals surface area (Å²) in [5, 5.41) is 0. The molecular formula is C7H8KN2S2+. The number of para-hydroxylation sites is 1. The Morgan fingerprint density at radius 1 is 1.25 bits per heavy atom. The van der Waals surface area contributed by atoms with Gasteiger partial charge in [-0.05, 0) is 12.1 Å². The van der Waals surface area contributed by atoms with E-state index >= 15 is 0 Å². The largest absolute Gasteiger partial charge is 1.00 e. The zero-order chi connectivity index (χ0) is 8.10. The summed E-state index contributed by atoms with van der Waals surface area (Å²) in [5.41, 5.74) is 6.55. The van der Waals surface area contributed by atoms with Gasteiger partial charge in [0.25, 0.3) is 0 Å². The molecule has 1 aromatic rings. The molecule has 0 saturated heterocycles. The van der Waals surface area contributed by atoms with Gasteiger partial charge in [0.2, 0.25) is 0 Å². The minimum Gasteiger partial charge on any atom is -0.300 e. The Kier molecular flexibility index (Phi) is 7.86. The van der Waals surface area contributed by atoms with E-state index in [1.54, 1.807) is 0 Å². The van der Waals surface area contributed by atoms with E-state index in [-0.39, 0.29) is 51.4 Å². The Bertz CT molecular complexity index is 240. The van der Waals surface area contributed by atoms with Crippen LogP contribution in [0.15, 0.2) is 30.3 Å². The van der Waals surface area contributed by atoms with Gasteiger partial charge in [-0.25, -0.2) is 0 Å². The molecule has 0 unspecified atom stereocenters. The molecule has 58 valence electrons. The first-order valence-electron chi connectivity index (χ1n) is 3.09. The molecule has 0 aromatic heterocycles. The molecule has 0 spiro atoms. The molecule has 0 heterocycles. The van der Waals surface area contributed by atoms with Gasteiger partial charge < -0.3 is 0 Å². The van der Waals surface area contributed by atoms with E-state index in [1.807, 2.05) is 30.3 Å². The monoisotopic (exact) mass is 223 g/mol. The molecule has 0 aliphatic carbocycles. The molecule has 2 N–H and O–H groups in total. The molecule has 0 atom stereocenters. The quantitative estimate of drug-likeness (QED) is 0.255. The van der Waals surface area contributed by atoms with Gasteiger partial charge in [-0.1, -0.05) is 30.4 Å². The number of nitrogens with one attached hydrogen (secondary N) is 2.